The van der Waals surface area contributed by atoms with E-state index in [1.165, 1.54) is 0 Å². The van der Waals surface area contributed by atoms with Crippen molar-refractivity contribution in [3.63, 3.8) is 0 Å². The number of hydrogen-bond acceptors (Lipinski definition) is 3. The molecule has 0 aliphatic heterocycles. The van der Waals surface area contributed by atoms with Crippen LogP contribution in [0.25, 0.3) is 0 Å². The largest absolute Gasteiger partial charge is 0.309 e. The molecule has 5 heteroatoms. The number of aryl methyl sites for hydroxylation is 1. The van der Waals surface area contributed by atoms with Crippen LogP contribution in [0.2, 0.25) is 0 Å². The van der Waals surface area contributed by atoms with Crippen LogP contribution in [0.5, 0.6) is 0 Å². The molecule has 5 nitrogen and oxygen atoms in total. The van der Waals surface area contributed by atoms with E-state index in [4.69, 9.17) is 0 Å². The van der Waals surface area contributed by atoms with Gasteiger partial charge in [-0.2, -0.15) is 10.2 Å². The summed E-state index contributed by atoms with van der Waals surface area (Å²) in [6, 6.07) is 4.86. The highest BCUT2D eigenvalue weighted by Gasteiger charge is 2.16. The summed E-state index contributed by atoms with van der Waals surface area (Å²) in [4.78, 5) is 0. The van der Waals surface area contributed by atoms with Crippen LogP contribution in [0.4, 0.5) is 0 Å². The summed E-state index contributed by atoms with van der Waals surface area (Å²) < 4.78 is 3.90. The molecule has 1 N–H and O–H groups in total. The van der Waals surface area contributed by atoms with Crippen LogP contribution in [0.3, 0.4) is 0 Å². The van der Waals surface area contributed by atoms with Gasteiger partial charge in [-0.05, 0) is 32.0 Å². The molecule has 20 heavy (non-hydrogen) atoms. The fourth-order valence-electron chi connectivity index (χ4n) is 2.27. The Balaban J connectivity index is 2.10. The minimum absolute atomic E-state index is 0.224. The fraction of sp³-hybridized carbons (Fsp3) is 0.600. The summed E-state index contributed by atoms with van der Waals surface area (Å²) in [5.74, 6) is 0. The molecule has 0 bridgehead atoms. The van der Waals surface area contributed by atoms with Crippen LogP contribution in [0.1, 0.15) is 50.7 Å². The van der Waals surface area contributed by atoms with E-state index >= 15 is 0 Å². The van der Waals surface area contributed by atoms with Crippen molar-refractivity contribution < 1.29 is 0 Å². The molecule has 0 aliphatic rings. The minimum Gasteiger partial charge on any atom is -0.309 e. The van der Waals surface area contributed by atoms with Crippen LogP contribution < -0.4 is 5.32 Å². The summed E-state index contributed by atoms with van der Waals surface area (Å²) in [7, 11) is 1.95. The molecule has 2 atom stereocenters. The smallest absolute Gasteiger partial charge is 0.0797 e. The third-order valence-electron chi connectivity index (χ3n) is 3.66. The van der Waals surface area contributed by atoms with Gasteiger partial charge in [0.15, 0.2) is 0 Å². The van der Waals surface area contributed by atoms with Gasteiger partial charge in [-0.15, -0.1) is 0 Å². The van der Waals surface area contributed by atoms with E-state index in [1.54, 1.807) is 0 Å². The topological polar surface area (TPSA) is 47.7 Å². The average Bonchev–Trinajstić information content (AvgIpc) is 3.06. The third-order valence-corrected chi connectivity index (χ3v) is 3.66. The van der Waals surface area contributed by atoms with Crippen molar-refractivity contribution in [1.29, 1.82) is 0 Å². The molecule has 0 spiro atoms. The van der Waals surface area contributed by atoms with Gasteiger partial charge in [0.25, 0.3) is 0 Å². The Morgan fingerprint density at radius 1 is 1.20 bits per heavy atom. The Hall–Kier alpha value is -1.62. The molecule has 0 radical (unpaired) electrons. The van der Waals surface area contributed by atoms with Crippen molar-refractivity contribution in [2.75, 3.05) is 6.54 Å². The van der Waals surface area contributed by atoms with Gasteiger partial charge in [-0.25, -0.2) is 0 Å². The Kier molecular flexibility index (Phi) is 4.95. The number of nitrogens with zero attached hydrogens (tertiary/aromatic N) is 4. The zero-order chi connectivity index (χ0) is 14.5. The van der Waals surface area contributed by atoms with E-state index in [9.17, 15) is 0 Å². The second-order valence-electron chi connectivity index (χ2n) is 5.27. The van der Waals surface area contributed by atoms with Crippen molar-refractivity contribution in [3.05, 3.63) is 35.9 Å². The molecule has 2 rings (SSSR count). The van der Waals surface area contributed by atoms with Crippen molar-refractivity contribution in [1.82, 2.24) is 24.9 Å². The predicted molar refractivity (Wildman–Crippen MR) is 80.6 cm³/mol. The number of hydrogen-bond donors (Lipinski definition) is 1. The number of rotatable bonds is 7. The Labute approximate surface area is 121 Å². The number of likely N-dealkylation sites (N-methyl/N-ethyl adjacent to an activating group) is 1. The van der Waals surface area contributed by atoms with E-state index in [-0.39, 0.29) is 6.04 Å². The van der Waals surface area contributed by atoms with Crippen LogP contribution in [0, 0.1) is 0 Å². The standard InChI is InChI=1S/C15H25N5/c1-5-12(3)20-10-7-13(17-20)11-15(16-6-2)14-8-9-19(4)18-14/h7-10,12,15-16H,5-6,11H2,1-4H3. The second kappa shape index (κ2) is 6.70. The van der Waals surface area contributed by atoms with Gasteiger partial charge in [-0.1, -0.05) is 13.8 Å². The van der Waals surface area contributed by atoms with E-state index in [0.717, 1.165) is 30.8 Å². The highest BCUT2D eigenvalue weighted by atomic mass is 15.3. The lowest BCUT2D eigenvalue weighted by atomic mass is 10.1. The van der Waals surface area contributed by atoms with E-state index in [1.807, 2.05) is 17.9 Å². The van der Waals surface area contributed by atoms with Gasteiger partial charge >= 0.3 is 0 Å². The molecule has 0 aromatic carbocycles. The lowest BCUT2D eigenvalue weighted by molar-refractivity contribution is 0.465. The van der Waals surface area contributed by atoms with Gasteiger partial charge in [0.2, 0.25) is 0 Å². The average molecular weight is 275 g/mol. The molecule has 110 valence electrons. The molecular weight excluding hydrogens is 250 g/mol. The predicted octanol–water partition coefficient (Wildman–Crippen LogP) is 2.48. The molecule has 0 fully saturated rings. The summed E-state index contributed by atoms with van der Waals surface area (Å²) in [5, 5.41) is 12.7. The molecule has 0 saturated carbocycles. The summed E-state index contributed by atoms with van der Waals surface area (Å²) in [6.45, 7) is 7.42. The summed E-state index contributed by atoms with van der Waals surface area (Å²) >= 11 is 0. The quantitative estimate of drug-likeness (QED) is 0.844. The molecule has 2 aromatic heterocycles. The van der Waals surface area contributed by atoms with Crippen LogP contribution in [-0.2, 0) is 13.5 Å². The Morgan fingerprint density at radius 2 is 2.00 bits per heavy atom. The first-order valence-corrected chi connectivity index (χ1v) is 7.41. The molecule has 0 aliphatic carbocycles. The molecular formula is C15H25N5. The zero-order valence-corrected chi connectivity index (χ0v) is 12.9. The van der Waals surface area contributed by atoms with Gasteiger partial charge in [-0.3, -0.25) is 9.36 Å². The van der Waals surface area contributed by atoms with Crippen molar-refractivity contribution >= 4 is 0 Å². The van der Waals surface area contributed by atoms with E-state index < -0.39 is 0 Å². The first-order valence-electron chi connectivity index (χ1n) is 7.41. The highest BCUT2D eigenvalue weighted by Crippen LogP contribution is 2.17. The van der Waals surface area contributed by atoms with Crippen LogP contribution in [0.15, 0.2) is 24.5 Å². The fourth-order valence-corrected chi connectivity index (χ4v) is 2.27. The maximum Gasteiger partial charge on any atom is 0.0797 e. The first kappa shape index (κ1) is 14.8. The second-order valence-corrected chi connectivity index (χ2v) is 5.27. The normalized spacial score (nSPS) is 14.4. The van der Waals surface area contributed by atoms with Crippen LogP contribution >= 0.6 is 0 Å². The summed E-state index contributed by atoms with van der Waals surface area (Å²) in [5.41, 5.74) is 2.19. The lowest BCUT2D eigenvalue weighted by Gasteiger charge is -2.14. The van der Waals surface area contributed by atoms with E-state index in [2.05, 4.69) is 59.3 Å². The highest BCUT2D eigenvalue weighted by molar-refractivity contribution is 5.11. The number of aromatic nitrogens is 4. The molecule has 2 unspecified atom stereocenters. The van der Waals surface area contributed by atoms with Crippen molar-refractivity contribution in [3.8, 4) is 0 Å². The van der Waals surface area contributed by atoms with E-state index in [0.29, 0.717) is 6.04 Å². The third kappa shape index (κ3) is 3.48. The van der Waals surface area contributed by atoms with Crippen LogP contribution in [-0.4, -0.2) is 26.1 Å². The summed E-state index contributed by atoms with van der Waals surface area (Å²) in [6.07, 6.45) is 6.02. The molecule has 0 saturated heterocycles. The lowest BCUT2D eigenvalue weighted by Crippen LogP contribution is -2.24. The Bertz CT molecular complexity index is 528. The number of nitrogens with one attached hydrogen (secondary N) is 1. The Morgan fingerprint density at radius 3 is 2.60 bits per heavy atom. The maximum absolute atomic E-state index is 4.68. The first-order chi connectivity index (χ1) is 9.63. The van der Waals surface area contributed by atoms with Gasteiger partial charge < -0.3 is 5.32 Å². The zero-order valence-electron chi connectivity index (χ0n) is 12.9. The molecule has 2 heterocycles. The van der Waals surface area contributed by atoms with Crippen molar-refractivity contribution in [2.24, 2.45) is 7.05 Å². The maximum atomic E-state index is 4.68. The van der Waals surface area contributed by atoms with Gasteiger partial charge in [0.05, 0.1) is 17.4 Å². The van der Waals surface area contributed by atoms with Gasteiger partial charge in [0, 0.05) is 31.9 Å². The molecule has 2 aromatic rings. The monoisotopic (exact) mass is 275 g/mol. The van der Waals surface area contributed by atoms with Gasteiger partial charge in [0.1, 0.15) is 0 Å². The minimum atomic E-state index is 0.224. The SMILES string of the molecule is CCNC(Cc1ccn(C(C)CC)n1)c1ccn(C)n1. The van der Waals surface area contributed by atoms with Crippen molar-refractivity contribution in [2.45, 2.75) is 45.7 Å². The molecule has 0 amide bonds.